The van der Waals surface area contributed by atoms with Crippen molar-refractivity contribution in [2.45, 2.75) is 19.2 Å². The lowest BCUT2D eigenvalue weighted by molar-refractivity contribution is 0.0644. The zero-order valence-corrected chi connectivity index (χ0v) is 11.8. The van der Waals surface area contributed by atoms with E-state index in [-0.39, 0.29) is 0 Å². The van der Waals surface area contributed by atoms with Gasteiger partial charge in [-0.15, -0.1) is 11.6 Å². The Bertz CT molecular complexity index is 342. The fraction of sp³-hybridized carbons (Fsp3) is 0.571. The van der Waals surface area contributed by atoms with Crippen LogP contribution in [0.2, 0.25) is 0 Å². The van der Waals surface area contributed by atoms with Gasteiger partial charge in [-0.2, -0.15) is 0 Å². The maximum absolute atomic E-state index is 5.88. The molecular weight excluding hydrogens is 252 g/mol. The Morgan fingerprint density at radius 2 is 1.94 bits per heavy atom. The molecule has 0 aliphatic heterocycles. The summed E-state index contributed by atoms with van der Waals surface area (Å²) in [5, 5.41) is 0. The molecule has 0 spiro atoms. The molecule has 1 aromatic rings. The number of hydrogen-bond acceptors (Lipinski definition) is 3. The standard InChI is InChI=1S/C14H21ClO3/c1-12-4-5-14(13(10-12)11-15)18-7-3-6-17-9-8-16-2/h4-5,10H,3,6-9,11H2,1-2H3. The molecule has 0 saturated heterocycles. The average Bonchev–Trinajstić information content (AvgIpc) is 2.39. The minimum atomic E-state index is 0.474. The fourth-order valence-corrected chi connectivity index (χ4v) is 1.75. The van der Waals surface area contributed by atoms with Crippen LogP contribution in [0.3, 0.4) is 0 Å². The molecule has 0 aliphatic rings. The first-order valence-electron chi connectivity index (χ1n) is 6.13. The second-order valence-corrected chi connectivity index (χ2v) is 4.32. The van der Waals surface area contributed by atoms with Crippen LogP contribution in [0.1, 0.15) is 17.5 Å². The van der Waals surface area contributed by atoms with E-state index < -0.39 is 0 Å². The first-order chi connectivity index (χ1) is 8.77. The zero-order chi connectivity index (χ0) is 13.2. The highest BCUT2D eigenvalue weighted by Crippen LogP contribution is 2.21. The summed E-state index contributed by atoms with van der Waals surface area (Å²) >= 11 is 5.88. The lowest BCUT2D eigenvalue weighted by Crippen LogP contribution is -2.07. The van der Waals surface area contributed by atoms with Crippen molar-refractivity contribution in [3.8, 4) is 5.75 Å². The summed E-state index contributed by atoms with van der Waals surface area (Å²) in [6.07, 6.45) is 0.860. The molecule has 0 N–H and O–H groups in total. The number of hydrogen-bond donors (Lipinski definition) is 0. The van der Waals surface area contributed by atoms with Gasteiger partial charge in [0, 0.05) is 25.7 Å². The van der Waals surface area contributed by atoms with Crippen LogP contribution < -0.4 is 4.74 Å². The van der Waals surface area contributed by atoms with Gasteiger partial charge in [-0.3, -0.25) is 0 Å². The Morgan fingerprint density at radius 3 is 2.67 bits per heavy atom. The first kappa shape index (κ1) is 15.3. The molecule has 0 unspecified atom stereocenters. The van der Waals surface area contributed by atoms with Crippen molar-refractivity contribution in [3.05, 3.63) is 29.3 Å². The first-order valence-corrected chi connectivity index (χ1v) is 6.66. The number of aryl methyl sites for hydroxylation is 1. The van der Waals surface area contributed by atoms with Crippen LogP contribution >= 0.6 is 11.6 Å². The Hall–Kier alpha value is -0.770. The van der Waals surface area contributed by atoms with Gasteiger partial charge in [-0.25, -0.2) is 0 Å². The van der Waals surface area contributed by atoms with E-state index in [0.29, 0.717) is 32.3 Å². The minimum absolute atomic E-state index is 0.474. The topological polar surface area (TPSA) is 27.7 Å². The van der Waals surface area contributed by atoms with Crippen LogP contribution in [-0.2, 0) is 15.4 Å². The van der Waals surface area contributed by atoms with Gasteiger partial charge >= 0.3 is 0 Å². The fourth-order valence-electron chi connectivity index (χ4n) is 1.54. The summed E-state index contributed by atoms with van der Waals surface area (Å²) in [6.45, 7) is 4.64. The van der Waals surface area contributed by atoms with Gasteiger partial charge in [0.05, 0.1) is 25.7 Å². The number of methoxy groups -OCH3 is 1. The van der Waals surface area contributed by atoms with Gasteiger partial charge < -0.3 is 14.2 Å². The van der Waals surface area contributed by atoms with Crippen molar-refractivity contribution in [1.82, 2.24) is 0 Å². The highest BCUT2D eigenvalue weighted by molar-refractivity contribution is 6.17. The van der Waals surface area contributed by atoms with E-state index in [1.54, 1.807) is 7.11 Å². The number of alkyl halides is 1. The summed E-state index contributed by atoms with van der Waals surface area (Å²) in [4.78, 5) is 0. The van der Waals surface area contributed by atoms with Gasteiger partial charge in [0.25, 0.3) is 0 Å². The molecule has 3 nitrogen and oxygen atoms in total. The molecule has 0 heterocycles. The molecule has 4 heteroatoms. The zero-order valence-electron chi connectivity index (χ0n) is 11.1. The summed E-state index contributed by atoms with van der Waals surface area (Å²) < 4.78 is 15.9. The molecule has 0 amide bonds. The molecule has 0 aromatic heterocycles. The molecule has 0 radical (unpaired) electrons. The van der Waals surface area contributed by atoms with E-state index in [9.17, 15) is 0 Å². The third-order valence-electron chi connectivity index (χ3n) is 2.48. The molecule has 18 heavy (non-hydrogen) atoms. The molecule has 1 aromatic carbocycles. The largest absolute Gasteiger partial charge is 0.493 e. The van der Waals surface area contributed by atoms with Gasteiger partial charge in [-0.1, -0.05) is 17.7 Å². The van der Waals surface area contributed by atoms with Crippen LogP contribution in [0.5, 0.6) is 5.75 Å². The predicted octanol–water partition coefficient (Wildman–Crippen LogP) is 3.17. The minimum Gasteiger partial charge on any atom is -0.493 e. The molecular formula is C14H21ClO3. The Labute approximate surface area is 114 Å². The second kappa shape index (κ2) is 9.20. The van der Waals surface area contributed by atoms with Gasteiger partial charge in [0.2, 0.25) is 0 Å². The molecule has 0 aliphatic carbocycles. The molecule has 0 saturated carbocycles. The van der Waals surface area contributed by atoms with Gasteiger partial charge in [0.1, 0.15) is 5.75 Å². The van der Waals surface area contributed by atoms with Crippen LogP contribution in [0.15, 0.2) is 18.2 Å². The third kappa shape index (κ3) is 5.71. The summed E-state index contributed by atoms with van der Waals surface area (Å²) in [7, 11) is 1.66. The van der Waals surface area contributed by atoms with Crippen LogP contribution in [0.25, 0.3) is 0 Å². The maximum atomic E-state index is 5.88. The van der Waals surface area contributed by atoms with Crippen molar-refractivity contribution in [1.29, 1.82) is 0 Å². The third-order valence-corrected chi connectivity index (χ3v) is 2.77. The SMILES string of the molecule is COCCOCCCOc1ccc(C)cc1CCl. The van der Waals surface area contributed by atoms with E-state index in [1.807, 2.05) is 19.1 Å². The van der Waals surface area contributed by atoms with E-state index in [2.05, 4.69) is 6.07 Å². The lowest BCUT2D eigenvalue weighted by atomic mass is 10.1. The number of rotatable bonds is 9. The Balaban J connectivity index is 2.22. The van der Waals surface area contributed by atoms with E-state index in [0.717, 1.165) is 17.7 Å². The molecule has 0 bridgehead atoms. The van der Waals surface area contributed by atoms with Gasteiger partial charge in [-0.05, 0) is 13.0 Å². The second-order valence-electron chi connectivity index (χ2n) is 4.05. The Kier molecular flexibility index (Phi) is 7.81. The number of ether oxygens (including phenoxy) is 3. The van der Waals surface area contributed by atoms with Crippen molar-refractivity contribution >= 4 is 11.6 Å². The summed E-state index contributed by atoms with van der Waals surface area (Å²) in [5.41, 5.74) is 2.23. The normalized spacial score (nSPS) is 10.6. The quantitative estimate of drug-likeness (QED) is 0.510. The number of benzene rings is 1. The summed E-state index contributed by atoms with van der Waals surface area (Å²) in [5.74, 6) is 1.34. The molecule has 1 rings (SSSR count). The summed E-state index contributed by atoms with van der Waals surface area (Å²) in [6, 6.07) is 6.05. The molecule has 102 valence electrons. The van der Waals surface area contributed by atoms with Crippen LogP contribution in [0, 0.1) is 6.92 Å². The molecule has 0 fully saturated rings. The van der Waals surface area contributed by atoms with Crippen molar-refractivity contribution in [2.75, 3.05) is 33.5 Å². The van der Waals surface area contributed by atoms with Crippen molar-refractivity contribution < 1.29 is 14.2 Å². The van der Waals surface area contributed by atoms with E-state index in [1.165, 1.54) is 5.56 Å². The van der Waals surface area contributed by atoms with Crippen molar-refractivity contribution in [2.24, 2.45) is 0 Å². The lowest BCUT2D eigenvalue weighted by Gasteiger charge is -2.10. The van der Waals surface area contributed by atoms with E-state index in [4.69, 9.17) is 25.8 Å². The number of halogens is 1. The highest BCUT2D eigenvalue weighted by Gasteiger charge is 2.02. The average molecular weight is 273 g/mol. The van der Waals surface area contributed by atoms with Crippen molar-refractivity contribution in [3.63, 3.8) is 0 Å². The van der Waals surface area contributed by atoms with Crippen LogP contribution in [-0.4, -0.2) is 33.5 Å². The highest BCUT2D eigenvalue weighted by atomic mass is 35.5. The van der Waals surface area contributed by atoms with E-state index >= 15 is 0 Å². The Morgan fingerprint density at radius 1 is 1.11 bits per heavy atom. The molecule has 0 atom stereocenters. The maximum Gasteiger partial charge on any atom is 0.123 e. The predicted molar refractivity (Wildman–Crippen MR) is 73.5 cm³/mol. The van der Waals surface area contributed by atoms with Crippen LogP contribution in [0.4, 0.5) is 0 Å². The van der Waals surface area contributed by atoms with Gasteiger partial charge in [0.15, 0.2) is 0 Å². The monoisotopic (exact) mass is 272 g/mol. The smallest absolute Gasteiger partial charge is 0.123 e.